The molecule has 0 atom stereocenters. The van der Waals surface area contributed by atoms with Crippen LogP contribution < -0.4 is 11.2 Å². The minimum atomic E-state index is -0.438. The summed E-state index contributed by atoms with van der Waals surface area (Å²) in [5.74, 6) is -0.438. The number of hydrogen-bond acceptors (Lipinski definition) is 4. The summed E-state index contributed by atoms with van der Waals surface area (Å²) >= 11 is 0. The Balaban J connectivity index is 2.03. The SMILES string of the molecule is Cn1cc(C=CC(=O)OC2CCCCCCC2)c(=O)n(C)c1=O. The molecule has 1 heterocycles. The van der Waals surface area contributed by atoms with Gasteiger partial charge in [0.2, 0.25) is 0 Å². The zero-order valence-electron chi connectivity index (χ0n) is 13.8. The van der Waals surface area contributed by atoms with Crippen LogP contribution in [-0.4, -0.2) is 21.2 Å². The second-order valence-electron chi connectivity index (χ2n) is 6.08. The van der Waals surface area contributed by atoms with E-state index in [1.54, 1.807) is 7.05 Å². The fourth-order valence-electron chi connectivity index (χ4n) is 2.85. The number of aromatic nitrogens is 2. The van der Waals surface area contributed by atoms with E-state index in [1.165, 1.54) is 49.2 Å². The Morgan fingerprint density at radius 2 is 1.74 bits per heavy atom. The fourth-order valence-corrected chi connectivity index (χ4v) is 2.85. The molecule has 0 aromatic carbocycles. The van der Waals surface area contributed by atoms with E-state index in [9.17, 15) is 14.4 Å². The summed E-state index contributed by atoms with van der Waals surface area (Å²) in [4.78, 5) is 35.5. The maximum Gasteiger partial charge on any atom is 0.331 e. The predicted octanol–water partition coefficient (Wildman–Crippen LogP) is 1.75. The van der Waals surface area contributed by atoms with Crippen molar-refractivity contribution >= 4 is 12.0 Å². The number of aryl methyl sites for hydroxylation is 1. The highest BCUT2D eigenvalue weighted by atomic mass is 16.5. The van der Waals surface area contributed by atoms with Crippen molar-refractivity contribution in [3.63, 3.8) is 0 Å². The maximum absolute atomic E-state index is 12.0. The van der Waals surface area contributed by atoms with E-state index >= 15 is 0 Å². The first kappa shape index (κ1) is 17.2. The molecule has 6 nitrogen and oxygen atoms in total. The highest BCUT2D eigenvalue weighted by molar-refractivity contribution is 5.87. The van der Waals surface area contributed by atoms with Crippen LogP contribution in [0, 0.1) is 0 Å². The van der Waals surface area contributed by atoms with Crippen molar-refractivity contribution in [2.75, 3.05) is 0 Å². The van der Waals surface area contributed by atoms with Gasteiger partial charge in [0.15, 0.2) is 0 Å². The molecule has 1 aliphatic carbocycles. The molecule has 1 saturated carbocycles. The van der Waals surface area contributed by atoms with Crippen LogP contribution in [0.25, 0.3) is 6.08 Å². The minimum absolute atomic E-state index is 0.0320. The first-order valence-electron chi connectivity index (χ1n) is 8.14. The quantitative estimate of drug-likeness (QED) is 0.628. The van der Waals surface area contributed by atoms with Crippen LogP contribution in [0.1, 0.15) is 50.5 Å². The van der Waals surface area contributed by atoms with Crippen LogP contribution in [0.2, 0.25) is 0 Å². The Labute approximate surface area is 135 Å². The second-order valence-corrected chi connectivity index (χ2v) is 6.08. The standard InChI is InChI=1S/C17H24N2O4/c1-18-12-13(16(21)19(2)17(18)22)10-11-15(20)23-14-8-6-4-3-5-7-9-14/h10-12,14H,3-9H2,1-2H3. The molecular weight excluding hydrogens is 296 g/mol. The van der Waals surface area contributed by atoms with Gasteiger partial charge in [0.1, 0.15) is 6.10 Å². The summed E-state index contributed by atoms with van der Waals surface area (Å²) in [5.41, 5.74) is -0.545. The number of esters is 1. The van der Waals surface area contributed by atoms with Crippen LogP contribution in [0.15, 0.2) is 21.9 Å². The average molecular weight is 320 g/mol. The van der Waals surface area contributed by atoms with E-state index in [-0.39, 0.29) is 11.7 Å². The highest BCUT2D eigenvalue weighted by Crippen LogP contribution is 2.19. The highest BCUT2D eigenvalue weighted by Gasteiger charge is 2.14. The second kappa shape index (κ2) is 7.94. The van der Waals surface area contributed by atoms with E-state index in [1.807, 2.05) is 0 Å². The minimum Gasteiger partial charge on any atom is -0.459 e. The number of nitrogens with zero attached hydrogens (tertiary/aromatic N) is 2. The number of hydrogen-bond donors (Lipinski definition) is 0. The van der Waals surface area contributed by atoms with Gasteiger partial charge in [-0.25, -0.2) is 9.59 Å². The van der Waals surface area contributed by atoms with Crippen molar-refractivity contribution in [1.82, 2.24) is 9.13 Å². The van der Waals surface area contributed by atoms with Crippen LogP contribution in [0.5, 0.6) is 0 Å². The largest absolute Gasteiger partial charge is 0.459 e. The average Bonchev–Trinajstić information content (AvgIpc) is 2.50. The van der Waals surface area contributed by atoms with Gasteiger partial charge in [-0.05, 0) is 31.8 Å². The first-order chi connectivity index (χ1) is 11.0. The maximum atomic E-state index is 12.0. The van der Waals surface area contributed by atoms with Gasteiger partial charge in [0, 0.05) is 26.4 Å². The number of ether oxygens (including phenoxy) is 1. The fraction of sp³-hybridized carbons (Fsp3) is 0.588. The molecular formula is C17H24N2O4. The normalized spacial score (nSPS) is 17.0. The lowest BCUT2D eigenvalue weighted by molar-refractivity contribution is -0.143. The van der Waals surface area contributed by atoms with Gasteiger partial charge in [-0.2, -0.15) is 0 Å². The lowest BCUT2D eigenvalue weighted by atomic mass is 9.99. The molecule has 126 valence electrons. The van der Waals surface area contributed by atoms with Gasteiger partial charge in [-0.3, -0.25) is 9.36 Å². The smallest absolute Gasteiger partial charge is 0.331 e. The van der Waals surface area contributed by atoms with Gasteiger partial charge in [-0.15, -0.1) is 0 Å². The van der Waals surface area contributed by atoms with E-state index in [4.69, 9.17) is 4.74 Å². The lowest BCUT2D eigenvalue weighted by Crippen LogP contribution is -2.37. The van der Waals surface area contributed by atoms with Crippen molar-refractivity contribution in [1.29, 1.82) is 0 Å². The predicted molar refractivity (Wildman–Crippen MR) is 88.2 cm³/mol. The summed E-state index contributed by atoms with van der Waals surface area (Å²) in [5, 5.41) is 0. The molecule has 2 rings (SSSR count). The van der Waals surface area contributed by atoms with Crippen LogP contribution >= 0.6 is 0 Å². The Bertz CT molecular complexity index is 692. The van der Waals surface area contributed by atoms with Crippen molar-refractivity contribution in [3.05, 3.63) is 38.7 Å². The van der Waals surface area contributed by atoms with Gasteiger partial charge in [0.25, 0.3) is 5.56 Å². The van der Waals surface area contributed by atoms with E-state index < -0.39 is 17.2 Å². The Morgan fingerprint density at radius 3 is 2.39 bits per heavy atom. The van der Waals surface area contributed by atoms with Gasteiger partial charge in [0.05, 0.1) is 5.56 Å². The van der Waals surface area contributed by atoms with Crippen molar-refractivity contribution in [3.8, 4) is 0 Å². The van der Waals surface area contributed by atoms with Gasteiger partial charge >= 0.3 is 11.7 Å². The summed E-state index contributed by atoms with van der Waals surface area (Å²) < 4.78 is 7.79. The van der Waals surface area contributed by atoms with Crippen molar-refractivity contribution < 1.29 is 9.53 Å². The molecule has 0 aliphatic heterocycles. The molecule has 0 saturated heterocycles. The van der Waals surface area contributed by atoms with Crippen molar-refractivity contribution in [2.24, 2.45) is 14.1 Å². The Morgan fingerprint density at radius 1 is 1.13 bits per heavy atom. The summed E-state index contributed by atoms with van der Waals surface area (Å²) in [6, 6.07) is 0. The number of rotatable bonds is 3. The molecule has 0 bridgehead atoms. The van der Waals surface area contributed by atoms with Gasteiger partial charge in [-0.1, -0.05) is 19.3 Å². The van der Waals surface area contributed by atoms with E-state index in [0.29, 0.717) is 0 Å². The third-order valence-electron chi connectivity index (χ3n) is 4.21. The molecule has 1 fully saturated rings. The molecule has 0 amide bonds. The molecule has 1 aromatic rings. The number of carbonyl (C=O) groups excluding carboxylic acids is 1. The third-order valence-corrected chi connectivity index (χ3v) is 4.21. The van der Waals surface area contributed by atoms with E-state index in [2.05, 4.69) is 0 Å². The Hall–Kier alpha value is -2.11. The first-order valence-corrected chi connectivity index (χ1v) is 8.14. The molecule has 1 aromatic heterocycles. The molecule has 0 spiro atoms. The third kappa shape index (κ3) is 4.68. The molecule has 0 radical (unpaired) electrons. The monoisotopic (exact) mass is 320 g/mol. The summed E-state index contributed by atoms with van der Waals surface area (Å²) in [6.07, 6.45) is 11.7. The summed E-state index contributed by atoms with van der Waals surface area (Å²) in [6.45, 7) is 0. The molecule has 0 N–H and O–H groups in total. The summed E-state index contributed by atoms with van der Waals surface area (Å²) in [7, 11) is 2.97. The molecule has 1 aliphatic rings. The zero-order valence-corrected chi connectivity index (χ0v) is 13.8. The lowest BCUT2D eigenvalue weighted by Gasteiger charge is -2.19. The molecule has 0 unspecified atom stereocenters. The zero-order chi connectivity index (χ0) is 16.8. The number of carbonyl (C=O) groups is 1. The topological polar surface area (TPSA) is 70.3 Å². The van der Waals surface area contributed by atoms with Crippen molar-refractivity contribution in [2.45, 2.75) is 51.0 Å². The van der Waals surface area contributed by atoms with Gasteiger partial charge < -0.3 is 9.30 Å². The molecule has 6 heteroatoms. The Kier molecular flexibility index (Phi) is 5.96. The molecule has 23 heavy (non-hydrogen) atoms. The van der Waals surface area contributed by atoms with Crippen LogP contribution in [0.3, 0.4) is 0 Å². The van der Waals surface area contributed by atoms with E-state index in [0.717, 1.165) is 30.3 Å². The van der Waals surface area contributed by atoms with Crippen LogP contribution in [-0.2, 0) is 23.6 Å². The van der Waals surface area contributed by atoms with Crippen LogP contribution in [0.4, 0.5) is 0 Å².